The molecule has 0 spiro atoms. The van der Waals surface area contributed by atoms with Crippen LogP contribution in [0.1, 0.15) is 0 Å². The fourth-order valence-corrected chi connectivity index (χ4v) is 4.57. The van der Waals surface area contributed by atoms with Gasteiger partial charge in [-0.2, -0.15) is 0 Å². The first-order chi connectivity index (χ1) is 15.1. The molecule has 0 aromatic heterocycles. The number of sulfonamides is 1. The van der Waals surface area contributed by atoms with E-state index in [4.69, 9.17) is 16.3 Å². The number of anilines is 2. The zero-order valence-corrected chi connectivity index (χ0v) is 18.1. The molecule has 32 heavy (non-hydrogen) atoms. The van der Waals surface area contributed by atoms with Crippen LogP contribution in [0.4, 0.5) is 24.5 Å². The number of para-hydroxylation sites is 2. The second kappa shape index (κ2) is 9.49. The van der Waals surface area contributed by atoms with Crippen molar-refractivity contribution in [2.24, 2.45) is 0 Å². The molecule has 1 amide bonds. The van der Waals surface area contributed by atoms with Gasteiger partial charge in [-0.05, 0) is 42.5 Å². The highest BCUT2D eigenvalue weighted by Gasteiger charge is 2.30. The first-order valence-corrected chi connectivity index (χ1v) is 10.8. The second-order valence-corrected chi connectivity index (χ2v) is 8.71. The second-order valence-electron chi connectivity index (χ2n) is 6.41. The van der Waals surface area contributed by atoms with Crippen molar-refractivity contribution in [2.75, 3.05) is 23.3 Å². The Labute approximate surface area is 187 Å². The van der Waals surface area contributed by atoms with E-state index in [2.05, 4.69) is 5.32 Å². The quantitative estimate of drug-likeness (QED) is 0.497. The Morgan fingerprint density at radius 1 is 1.03 bits per heavy atom. The number of carbonyl (C=O) groups excluding carboxylic acids is 1. The summed E-state index contributed by atoms with van der Waals surface area (Å²) in [5.41, 5.74) is -0.620. The molecule has 0 aliphatic heterocycles. The minimum Gasteiger partial charge on any atom is -0.495 e. The lowest BCUT2D eigenvalue weighted by atomic mass is 10.2. The topological polar surface area (TPSA) is 75.7 Å². The minimum absolute atomic E-state index is 0.0240. The molecule has 0 saturated carbocycles. The smallest absolute Gasteiger partial charge is 0.264 e. The first-order valence-electron chi connectivity index (χ1n) is 9.00. The van der Waals surface area contributed by atoms with Gasteiger partial charge in [-0.3, -0.25) is 9.10 Å². The van der Waals surface area contributed by atoms with Crippen molar-refractivity contribution in [1.82, 2.24) is 0 Å². The Morgan fingerprint density at radius 2 is 1.75 bits per heavy atom. The van der Waals surface area contributed by atoms with Gasteiger partial charge in [0.2, 0.25) is 5.91 Å². The van der Waals surface area contributed by atoms with E-state index in [0.29, 0.717) is 6.07 Å². The fraction of sp³-hybridized carbons (Fsp3) is 0.0952. The third-order valence-electron chi connectivity index (χ3n) is 4.33. The number of methoxy groups -OCH3 is 1. The summed E-state index contributed by atoms with van der Waals surface area (Å²) >= 11 is 5.92. The van der Waals surface area contributed by atoms with Crippen LogP contribution in [-0.2, 0) is 14.8 Å². The molecular formula is C21H16ClF3N2O4S. The summed E-state index contributed by atoms with van der Waals surface area (Å²) < 4.78 is 73.2. The SMILES string of the molecule is COc1ccccc1N(CC(=O)Nc1ccc(F)c(F)c1F)S(=O)(=O)c1cccc(Cl)c1. The molecular weight excluding hydrogens is 469 g/mol. The van der Waals surface area contributed by atoms with Crippen LogP contribution in [0, 0.1) is 17.5 Å². The lowest BCUT2D eigenvalue weighted by Gasteiger charge is -2.25. The molecule has 3 aromatic rings. The van der Waals surface area contributed by atoms with Crippen molar-refractivity contribution in [3.63, 3.8) is 0 Å². The monoisotopic (exact) mass is 484 g/mol. The molecule has 1 N–H and O–H groups in total. The molecule has 0 aliphatic rings. The largest absolute Gasteiger partial charge is 0.495 e. The first kappa shape index (κ1) is 23.4. The van der Waals surface area contributed by atoms with Gasteiger partial charge in [0.25, 0.3) is 10.0 Å². The van der Waals surface area contributed by atoms with Gasteiger partial charge in [0.15, 0.2) is 17.5 Å². The Bertz CT molecular complexity index is 1270. The van der Waals surface area contributed by atoms with E-state index in [1.54, 1.807) is 6.07 Å². The summed E-state index contributed by atoms with van der Waals surface area (Å²) in [6.45, 7) is -0.826. The van der Waals surface area contributed by atoms with Gasteiger partial charge >= 0.3 is 0 Å². The van der Waals surface area contributed by atoms with E-state index >= 15 is 0 Å². The van der Waals surface area contributed by atoms with Crippen molar-refractivity contribution in [3.05, 3.63) is 83.1 Å². The molecule has 11 heteroatoms. The summed E-state index contributed by atoms with van der Waals surface area (Å²) in [5, 5.41) is 2.21. The average Bonchev–Trinajstić information content (AvgIpc) is 2.77. The predicted molar refractivity (Wildman–Crippen MR) is 114 cm³/mol. The van der Waals surface area contributed by atoms with Crippen molar-refractivity contribution in [1.29, 1.82) is 0 Å². The highest BCUT2D eigenvalue weighted by molar-refractivity contribution is 7.92. The highest BCUT2D eigenvalue weighted by atomic mass is 35.5. The molecule has 3 rings (SSSR count). The third kappa shape index (κ3) is 4.81. The average molecular weight is 485 g/mol. The van der Waals surface area contributed by atoms with Crippen LogP contribution in [-0.4, -0.2) is 28.0 Å². The molecule has 6 nitrogen and oxygen atoms in total. The summed E-state index contributed by atoms with van der Waals surface area (Å²) in [5.74, 6) is -5.67. The Kier molecular flexibility index (Phi) is 6.95. The molecule has 0 saturated heterocycles. The number of carbonyl (C=O) groups is 1. The van der Waals surface area contributed by atoms with Gasteiger partial charge in [0.05, 0.1) is 23.4 Å². The van der Waals surface area contributed by atoms with E-state index in [9.17, 15) is 26.4 Å². The number of nitrogens with one attached hydrogen (secondary N) is 1. The Balaban J connectivity index is 2.02. The van der Waals surface area contributed by atoms with E-state index < -0.39 is 45.6 Å². The number of benzene rings is 3. The lowest BCUT2D eigenvalue weighted by molar-refractivity contribution is -0.114. The number of halogens is 4. The van der Waals surface area contributed by atoms with E-state index in [0.717, 1.165) is 10.4 Å². The predicted octanol–water partition coefficient (Wildman–Crippen LogP) is 4.60. The zero-order valence-electron chi connectivity index (χ0n) is 16.5. The van der Waals surface area contributed by atoms with Crippen molar-refractivity contribution in [3.8, 4) is 5.75 Å². The number of ether oxygens (including phenoxy) is 1. The third-order valence-corrected chi connectivity index (χ3v) is 6.33. The number of hydrogen-bond acceptors (Lipinski definition) is 4. The van der Waals surface area contributed by atoms with Gasteiger partial charge in [-0.15, -0.1) is 0 Å². The molecule has 0 atom stereocenters. The number of amides is 1. The number of nitrogens with zero attached hydrogens (tertiary/aromatic N) is 1. The minimum atomic E-state index is -4.34. The molecule has 0 fully saturated rings. The maximum Gasteiger partial charge on any atom is 0.264 e. The Morgan fingerprint density at radius 3 is 2.44 bits per heavy atom. The van der Waals surface area contributed by atoms with Gasteiger partial charge < -0.3 is 10.1 Å². The maximum absolute atomic E-state index is 13.9. The van der Waals surface area contributed by atoms with Crippen molar-refractivity contribution < 1.29 is 31.1 Å². The Hall–Kier alpha value is -3.24. The summed E-state index contributed by atoms with van der Waals surface area (Å²) in [6.07, 6.45) is 0. The molecule has 0 aliphatic carbocycles. The molecule has 3 aromatic carbocycles. The van der Waals surface area contributed by atoms with Crippen molar-refractivity contribution in [2.45, 2.75) is 4.90 Å². The van der Waals surface area contributed by atoms with Crippen molar-refractivity contribution >= 4 is 38.9 Å². The summed E-state index contributed by atoms with van der Waals surface area (Å²) in [6, 6.07) is 12.9. The molecule has 168 valence electrons. The lowest BCUT2D eigenvalue weighted by Crippen LogP contribution is -2.38. The normalized spacial score (nSPS) is 11.2. The fourth-order valence-electron chi connectivity index (χ4n) is 2.83. The zero-order chi connectivity index (χ0) is 23.5. The van der Waals surface area contributed by atoms with Gasteiger partial charge in [-0.1, -0.05) is 29.8 Å². The van der Waals surface area contributed by atoms with Crippen LogP contribution in [0.2, 0.25) is 5.02 Å². The number of rotatable bonds is 7. The van der Waals surface area contributed by atoms with Crippen LogP contribution >= 0.6 is 11.6 Å². The summed E-state index contributed by atoms with van der Waals surface area (Å²) in [4.78, 5) is 12.4. The maximum atomic E-state index is 13.9. The standard InChI is InChI=1S/C21H16ClF3N2O4S/c1-31-18-8-3-2-7-17(18)27(32(29,30)14-6-4-5-13(22)11-14)12-19(28)26-16-10-9-15(23)20(24)21(16)25/h2-11H,12H2,1H3,(H,26,28). The number of hydrogen-bond donors (Lipinski definition) is 1. The van der Waals surface area contributed by atoms with Crippen LogP contribution < -0.4 is 14.4 Å². The molecule has 0 bridgehead atoms. The van der Waals surface area contributed by atoms with Crippen LogP contribution in [0.25, 0.3) is 0 Å². The highest BCUT2D eigenvalue weighted by Crippen LogP contribution is 2.33. The van der Waals surface area contributed by atoms with Crippen LogP contribution in [0.5, 0.6) is 5.75 Å². The van der Waals surface area contributed by atoms with E-state index in [1.807, 2.05) is 0 Å². The van der Waals surface area contributed by atoms with Gasteiger partial charge in [0, 0.05) is 5.02 Å². The van der Waals surface area contributed by atoms with Crippen LogP contribution in [0.3, 0.4) is 0 Å². The molecule has 0 radical (unpaired) electrons. The van der Waals surface area contributed by atoms with E-state index in [-0.39, 0.29) is 21.4 Å². The van der Waals surface area contributed by atoms with Gasteiger partial charge in [0.1, 0.15) is 12.3 Å². The van der Waals surface area contributed by atoms with Crippen LogP contribution in [0.15, 0.2) is 65.6 Å². The summed E-state index contributed by atoms with van der Waals surface area (Å²) in [7, 11) is -3.02. The van der Waals surface area contributed by atoms with E-state index in [1.165, 1.54) is 49.6 Å². The molecule has 0 heterocycles. The molecule has 0 unspecified atom stereocenters. The van der Waals surface area contributed by atoms with Gasteiger partial charge in [-0.25, -0.2) is 21.6 Å².